The molecule has 0 radical (unpaired) electrons. The number of hydrogen-bond acceptors (Lipinski definition) is 4. The quantitative estimate of drug-likeness (QED) is 0.361. The fraction of sp³-hybridized carbons (Fsp3) is 0.684. The van der Waals surface area contributed by atoms with Crippen LogP contribution in [0, 0.1) is 0 Å². The number of aromatic nitrogens is 1. The minimum atomic E-state index is 0. The van der Waals surface area contributed by atoms with Gasteiger partial charge >= 0.3 is 0 Å². The summed E-state index contributed by atoms with van der Waals surface area (Å²) in [6, 6.07) is 4.44. The molecule has 2 N–H and O–H groups in total. The van der Waals surface area contributed by atoms with Crippen molar-refractivity contribution in [2.24, 2.45) is 4.99 Å². The molecule has 2 heterocycles. The number of halogens is 1. The van der Waals surface area contributed by atoms with Gasteiger partial charge in [-0.2, -0.15) is 0 Å². The maximum absolute atomic E-state index is 5.18. The van der Waals surface area contributed by atoms with Gasteiger partial charge in [-0.05, 0) is 44.4 Å². The van der Waals surface area contributed by atoms with Crippen molar-refractivity contribution in [2.45, 2.75) is 52.1 Å². The van der Waals surface area contributed by atoms with E-state index in [9.17, 15) is 0 Å². The highest BCUT2D eigenvalue weighted by Crippen LogP contribution is 2.18. The zero-order valence-electron chi connectivity index (χ0n) is 16.3. The van der Waals surface area contributed by atoms with Gasteiger partial charge in [0.25, 0.3) is 0 Å². The zero-order chi connectivity index (χ0) is 17.9. The van der Waals surface area contributed by atoms with E-state index in [0.717, 1.165) is 31.4 Å². The lowest BCUT2D eigenvalue weighted by molar-refractivity contribution is 0.179. The van der Waals surface area contributed by atoms with Crippen LogP contribution in [0.25, 0.3) is 0 Å². The van der Waals surface area contributed by atoms with Crippen LogP contribution in [0.5, 0.6) is 0 Å². The van der Waals surface area contributed by atoms with Crippen LogP contribution in [0.1, 0.15) is 45.1 Å². The molecule has 0 bridgehead atoms. The van der Waals surface area contributed by atoms with Gasteiger partial charge in [0.2, 0.25) is 0 Å². The third-order valence-electron chi connectivity index (χ3n) is 4.30. The SMILES string of the molecule is CCNC(=NCc1ccnc(N2CCCCCC2)c1)NC(C)COC.I. The molecule has 1 aromatic rings. The van der Waals surface area contributed by atoms with Gasteiger partial charge in [-0.15, -0.1) is 24.0 Å². The van der Waals surface area contributed by atoms with E-state index in [2.05, 4.69) is 40.4 Å². The summed E-state index contributed by atoms with van der Waals surface area (Å²) in [5.74, 6) is 1.90. The van der Waals surface area contributed by atoms with Crippen LogP contribution in [0.3, 0.4) is 0 Å². The Hall–Kier alpha value is -1.09. The molecule has 1 aliphatic rings. The fourth-order valence-electron chi connectivity index (χ4n) is 3.05. The van der Waals surface area contributed by atoms with E-state index in [1.54, 1.807) is 7.11 Å². The Morgan fingerprint density at radius 3 is 2.69 bits per heavy atom. The first-order valence-electron chi connectivity index (χ1n) is 9.46. The first-order chi connectivity index (χ1) is 12.2. The molecule has 1 aromatic heterocycles. The van der Waals surface area contributed by atoms with Crippen molar-refractivity contribution in [1.29, 1.82) is 0 Å². The highest BCUT2D eigenvalue weighted by molar-refractivity contribution is 14.0. The Bertz CT molecular complexity index is 532. The number of methoxy groups -OCH3 is 1. The monoisotopic (exact) mass is 475 g/mol. The van der Waals surface area contributed by atoms with Crippen molar-refractivity contribution in [1.82, 2.24) is 15.6 Å². The first-order valence-corrected chi connectivity index (χ1v) is 9.46. The van der Waals surface area contributed by atoms with E-state index in [1.165, 1.54) is 31.2 Å². The molecule has 0 amide bonds. The maximum atomic E-state index is 5.18. The van der Waals surface area contributed by atoms with E-state index in [1.807, 2.05) is 12.3 Å². The van der Waals surface area contributed by atoms with Gasteiger partial charge in [0.1, 0.15) is 5.82 Å². The molecule has 148 valence electrons. The second-order valence-corrected chi connectivity index (χ2v) is 6.62. The predicted molar refractivity (Wildman–Crippen MR) is 120 cm³/mol. The molecule has 2 rings (SSSR count). The Kier molecular flexibility index (Phi) is 11.6. The molecule has 0 aromatic carbocycles. The standard InChI is InChI=1S/C19H33N5O.HI/c1-4-20-19(23-16(2)15-25-3)22-14-17-9-10-21-18(13-17)24-11-7-5-6-8-12-24;/h9-10,13,16H,4-8,11-12,14-15H2,1-3H3,(H2,20,22,23);1H. The predicted octanol–water partition coefficient (Wildman–Crippen LogP) is 3.17. The molecule has 7 heteroatoms. The van der Waals surface area contributed by atoms with Crippen LogP contribution in [0.2, 0.25) is 0 Å². The molecule has 26 heavy (non-hydrogen) atoms. The van der Waals surface area contributed by atoms with Crippen LogP contribution in [-0.2, 0) is 11.3 Å². The minimum Gasteiger partial charge on any atom is -0.383 e. The van der Waals surface area contributed by atoms with Gasteiger partial charge in [-0.1, -0.05) is 12.8 Å². The molecule has 1 saturated heterocycles. The van der Waals surface area contributed by atoms with Crippen LogP contribution in [0.15, 0.2) is 23.3 Å². The molecule has 1 atom stereocenters. The summed E-state index contributed by atoms with van der Waals surface area (Å²) in [5, 5.41) is 6.65. The number of ether oxygens (including phenoxy) is 1. The average molecular weight is 475 g/mol. The maximum Gasteiger partial charge on any atom is 0.191 e. The summed E-state index contributed by atoms with van der Waals surface area (Å²) in [4.78, 5) is 11.7. The van der Waals surface area contributed by atoms with Crippen LogP contribution < -0.4 is 15.5 Å². The Morgan fingerprint density at radius 2 is 2.04 bits per heavy atom. The summed E-state index contributed by atoms with van der Waals surface area (Å²) in [6.07, 6.45) is 7.08. The van der Waals surface area contributed by atoms with Gasteiger partial charge in [0, 0.05) is 39.0 Å². The number of aliphatic imine (C=N–C) groups is 1. The largest absolute Gasteiger partial charge is 0.383 e. The lowest BCUT2D eigenvalue weighted by Gasteiger charge is -2.21. The molecule has 1 fully saturated rings. The molecule has 6 nitrogen and oxygen atoms in total. The third kappa shape index (κ3) is 8.07. The topological polar surface area (TPSA) is 61.8 Å². The lowest BCUT2D eigenvalue weighted by atomic mass is 10.2. The van der Waals surface area contributed by atoms with E-state index >= 15 is 0 Å². The number of nitrogens with one attached hydrogen (secondary N) is 2. The van der Waals surface area contributed by atoms with Crippen molar-refractivity contribution < 1.29 is 4.74 Å². The van der Waals surface area contributed by atoms with Gasteiger partial charge in [-0.25, -0.2) is 9.98 Å². The van der Waals surface area contributed by atoms with Gasteiger partial charge in [0.05, 0.1) is 13.2 Å². The second-order valence-electron chi connectivity index (χ2n) is 6.62. The third-order valence-corrected chi connectivity index (χ3v) is 4.30. The number of hydrogen-bond donors (Lipinski definition) is 2. The second kappa shape index (κ2) is 13.1. The van der Waals surface area contributed by atoms with Crippen molar-refractivity contribution in [3.05, 3.63) is 23.9 Å². The van der Waals surface area contributed by atoms with Crippen LogP contribution >= 0.6 is 24.0 Å². The summed E-state index contributed by atoms with van der Waals surface area (Å²) in [6.45, 7) is 8.50. The van der Waals surface area contributed by atoms with Crippen molar-refractivity contribution >= 4 is 35.8 Å². The van der Waals surface area contributed by atoms with E-state index in [0.29, 0.717) is 13.2 Å². The summed E-state index contributed by atoms with van der Waals surface area (Å²) in [7, 11) is 1.71. The molecular weight excluding hydrogens is 441 g/mol. The summed E-state index contributed by atoms with van der Waals surface area (Å²) in [5.41, 5.74) is 1.19. The van der Waals surface area contributed by atoms with Crippen molar-refractivity contribution in [2.75, 3.05) is 38.3 Å². The number of rotatable bonds is 7. The van der Waals surface area contributed by atoms with Crippen LogP contribution in [0.4, 0.5) is 5.82 Å². The normalized spacial score (nSPS) is 16.4. The van der Waals surface area contributed by atoms with Crippen molar-refractivity contribution in [3.63, 3.8) is 0 Å². The highest BCUT2D eigenvalue weighted by atomic mass is 127. The molecule has 0 aliphatic carbocycles. The fourth-order valence-corrected chi connectivity index (χ4v) is 3.05. The number of pyridine rings is 1. The van der Waals surface area contributed by atoms with E-state index in [-0.39, 0.29) is 30.0 Å². The van der Waals surface area contributed by atoms with Gasteiger partial charge < -0.3 is 20.3 Å². The molecular formula is C19H34IN5O. The minimum absolute atomic E-state index is 0. The molecule has 1 aliphatic heterocycles. The number of nitrogens with zero attached hydrogens (tertiary/aromatic N) is 3. The number of guanidine groups is 1. The Morgan fingerprint density at radius 1 is 1.31 bits per heavy atom. The van der Waals surface area contributed by atoms with Gasteiger partial charge in [0.15, 0.2) is 5.96 Å². The summed E-state index contributed by atoms with van der Waals surface area (Å²) < 4.78 is 5.18. The summed E-state index contributed by atoms with van der Waals surface area (Å²) >= 11 is 0. The molecule has 0 saturated carbocycles. The average Bonchev–Trinajstić information content (AvgIpc) is 2.90. The van der Waals surface area contributed by atoms with Crippen molar-refractivity contribution in [3.8, 4) is 0 Å². The van der Waals surface area contributed by atoms with Crippen LogP contribution in [-0.4, -0.2) is 50.3 Å². The van der Waals surface area contributed by atoms with Gasteiger partial charge in [-0.3, -0.25) is 0 Å². The first kappa shape index (κ1) is 23.0. The Balaban J connectivity index is 0.00000338. The Labute approximate surface area is 175 Å². The molecule has 1 unspecified atom stereocenters. The smallest absolute Gasteiger partial charge is 0.191 e. The highest BCUT2D eigenvalue weighted by Gasteiger charge is 2.11. The zero-order valence-corrected chi connectivity index (χ0v) is 18.7. The van der Waals surface area contributed by atoms with E-state index < -0.39 is 0 Å². The lowest BCUT2D eigenvalue weighted by Crippen LogP contribution is -2.43. The van der Waals surface area contributed by atoms with E-state index in [4.69, 9.17) is 9.73 Å². The number of anilines is 1. The molecule has 0 spiro atoms.